The maximum absolute atomic E-state index is 9.50. The summed E-state index contributed by atoms with van der Waals surface area (Å²) in [4.78, 5) is 0. The van der Waals surface area contributed by atoms with Crippen LogP contribution in [0.4, 0.5) is 0 Å². The van der Waals surface area contributed by atoms with Crippen molar-refractivity contribution >= 4 is 11.6 Å². The van der Waals surface area contributed by atoms with E-state index in [2.05, 4.69) is 20.8 Å². The van der Waals surface area contributed by atoms with Crippen molar-refractivity contribution in [2.75, 3.05) is 6.61 Å². The predicted molar refractivity (Wildman–Crippen MR) is 63.0 cm³/mol. The lowest BCUT2D eigenvalue weighted by molar-refractivity contribution is 0.327. The van der Waals surface area contributed by atoms with Crippen molar-refractivity contribution in [1.29, 1.82) is 0 Å². The zero-order valence-corrected chi connectivity index (χ0v) is 10.4. The second kappa shape index (κ2) is 4.31. The standard InChI is InChI=1S/C12H17ClO2/c1-5-15-11-7-10(14)9(13)6-8(11)12(2,3)4/h6-7,14H,5H2,1-4H3. The molecule has 1 N–H and O–H groups in total. The average molecular weight is 229 g/mol. The van der Waals surface area contributed by atoms with E-state index in [1.54, 1.807) is 12.1 Å². The van der Waals surface area contributed by atoms with Crippen LogP contribution in [0, 0.1) is 0 Å². The normalized spacial score (nSPS) is 11.5. The van der Waals surface area contributed by atoms with E-state index in [-0.39, 0.29) is 11.2 Å². The molecule has 84 valence electrons. The molecular formula is C12H17ClO2. The van der Waals surface area contributed by atoms with Crippen molar-refractivity contribution in [3.8, 4) is 11.5 Å². The van der Waals surface area contributed by atoms with Crippen LogP contribution in [-0.4, -0.2) is 11.7 Å². The Morgan fingerprint density at radius 1 is 1.33 bits per heavy atom. The molecule has 1 aromatic carbocycles. The summed E-state index contributed by atoms with van der Waals surface area (Å²) in [5, 5.41) is 9.87. The number of rotatable bonds is 2. The van der Waals surface area contributed by atoms with Crippen LogP contribution in [0.25, 0.3) is 0 Å². The number of ether oxygens (including phenoxy) is 1. The fourth-order valence-electron chi connectivity index (χ4n) is 1.40. The molecule has 0 heterocycles. The molecule has 0 aliphatic heterocycles. The van der Waals surface area contributed by atoms with E-state index >= 15 is 0 Å². The molecule has 3 heteroatoms. The second-order valence-electron chi connectivity index (χ2n) is 4.48. The molecule has 0 saturated heterocycles. The molecule has 0 aromatic heterocycles. The summed E-state index contributed by atoms with van der Waals surface area (Å²) in [5.74, 6) is 0.764. The third-order valence-corrected chi connectivity index (χ3v) is 2.46. The van der Waals surface area contributed by atoms with Gasteiger partial charge in [0.1, 0.15) is 11.5 Å². The fraction of sp³-hybridized carbons (Fsp3) is 0.500. The van der Waals surface area contributed by atoms with E-state index in [1.807, 2.05) is 6.92 Å². The van der Waals surface area contributed by atoms with Gasteiger partial charge in [0.25, 0.3) is 0 Å². The quantitative estimate of drug-likeness (QED) is 0.836. The zero-order valence-electron chi connectivity index (χ0n) is 9.60. The number of hydrogen-bond donors (Lipinski definition) is 1. The van der Waals surface area contributed by atoms with Crippen molar-refractivity contribution in [2.45, 2.75) is 33.1 Å². The van der Waals surface area contributed by atoms with Crippen LogP contribution in [0.15, 0.2) is 12.1 Å². The highest BCUT2D eigenvalue weighted by Crippen LogP contribution is 2.38. The minimum atomic E-state index is -0.0537. The van der Waals surface area contributed by atoms with E-state index in [1.165, 1.54) is 0 Å². The van der Waals surface area contributed by atoms with Gasteiger partial charge >= 0.3 is 0 Å². The first-order valence-electron chi connectivity index (χ1n) is 5.02. The number of phenols is 1. The Morgan fingerprint density at radius 2 is 1.93 bits per heavy atom. The van der Waals surface area contributed by atoms with Crippen molar-refractivity contribution in [2.24, 2.45) is 0 Å². The number of halogens is 1. The third-order valence-electron chi connectivity index (χ3n) is 2.16. The van der Waals surface area contributed by atoms with Gasteiger partial charge in [-0.05, 0) is 18.4 Å². The van der Waals surface area contributed by atoms with Crippen LogP contribution < -0.4 is 4.74 Å². The molecule has 0 unspecified atom stereocenters. The van der Waals surface area contributed by atoms with Crippen molar-refractivity contribution in [3.05, 3.63) is 22.7 Å². The Balaban J connectivity index is 3.28. The van der Waals surface area contributed by atoms with Gasteiger partial charge in [-0.15, -0.1) is 0 Å². The molecule has 0 saturated carbocycles. The molecule has 1 rings (SSSR count). The molecule has 0 bridgehead atoms. The summed E-state index contributed by atoms with van der Waals surface area (Å²) < 4.78 is 5.48. The first kappa shape index (κ1) is 12.2. The minimum Gasteiger partial charge on any atom is -0.506 e. The molecule has 0 amide bonds. The van der Waals surface area contributed by atoms with Crippen LogP contribution in [0.2, 0.25) is 5.02 Å². The van der Waals surface area contributed by atoms with Gasteiger partial charge in [0.05, 0.1) is 11.6 Å². The lowest BCUT2D eigenvalue weighted by Gasteiger charge is -2.23. The smallest absolute Gasteiger partial charge is 0.137 e. The molecule has 15 heavy (non-hydrogen) atoms. The van der Waals surface area contributed by atoms with Gasteiger partial charge in [-0.3, -0.25) is 0 Å². The average Bonchev–Trinajstić information content (AvgIpc) is 2.09. The summed E-state index contributed by atoms with van der Waals surface area (Å²) in [6.45, 7) is 8.73. The van der Waals surface area contributed by atoms with Gasteiger partial charge in [-0.1, -0.05) is 32.4 Å². The summed E-state index contributed by atoms with van der Waals surface area (Å²) in [6.07, 6.45) is 0. The van der Waals surface area contributed by atoms with Crippen LogP contribution in [0.5, 0.6) is 11.5 Å². The zero-order chi connectivity index (χ0) is 11.6. The van der Waals surface area contributed by atoms with Gasteiger partial charge in [-0.25, -0.2) is 0 Å². The number of phenolic OH excluding ortho intramolecular Hbond substituents is 1. The predicted octanol–water partition coefficient (Wildman–Crippen LogP) is 3.74. The first-order chi connectivity index (χ1) is 6.86. The van der Waals surface area contributed by atoms with Gasteiger partial charge in [0.15, 0.2) is 0 Å². The molecule has 0 fully saturated rings. The van der Waals surface area contributed by atoms with E-state index in [9.17, 15) is 5.11 Å². The largest absolute Gasteiger partial charge is 0.506 e. The van der Waals surface area contributed by atoms with Gasteiger partial charge in [0.2, 0.25) is 0 Å². The number of benzene rings is 1. The van der Waals surface area contributed by atoms with Crippen molar-refractivity contribution < 1.29 is 9.84 Å². The monoisotopic (exact) mass is 228 g/mol. The van der Waals surface area contributed by atoms with Crippen LogP contribution in [0.3, 0.4) is 0 Å². The number of hydrogen-bond acceptors (Lipinski definition) is 2. The van der Waals surface area contributed by atoms with Crippen LogP contribution in [-0.2, 0) is 5.41 Å². The molecule has 0 aliphatic carbocycles. The Hall–Kier alpha value is -0.890. The summed E-state index contributed by atoms with van der Waals surface area (Å²) >= 11 is 5.89. The minimum absolute atomic E-state index is 0.0537. The summed E-state index contributed by atoms with van der Waals surface area (Å²) in [5.41, 5.74) is 0.953. The molecule has 0 atom stereocenters. The molecule has 1 aromatic rings. The van der Waals surface area contributed by atoms with Crippen molar-refractivity contribution in [1.82, 2.24) is 0 Å². The Morgan fingerprint density at radius 3 is 2.40 bits per heavy atom. The summed E-state index contributed by atoms with van der Waals surface area (Å²) in [7, 11) is 0. The Kier molecular flexibility index (Phi) is 3.50. The Bertz CT molecular complexity index is 353. The van der Waals surface area contributed by atoms with Crippen molar-refractivity contribution in [3.63, 3.8) is 0 Å². The maximum atomic E-state index is 9.50. The molecule has 0 aliphatic rings. The highest BCUT2D eigenvalue weighted by molar-refractivity contribution is 6.32. The maximum Gasteiger partial charge on any atom is 0.137 e. The highest BCUT2D eigenvalue weighted by Gasteiger charge is 2.20. The highest BCUT2D eigenvalue weighted by atomic mass is 35.5. The molecular weight excluding hydrogens is 212 g/mol. The van der Waals surface area contributed by atoms with Crippen LogP contribution in [0.1, 0.15) is 33.3 Å². The van der Waals surface area contributed by atoms with Gasteiger partial charge < -0.3 is 9.84 Å². The van der Waals surface area contributed by atoms with Crippen LogP contribution >= 0.6 is 11.6 Å². The van der Waals surface area contributed by atoms with Gasteiger partial charge in [-0.2, -0.15) is 0 Å². The van der Waals surface area contributed by atoms with Gasteiger partial charge in [0, 0.05) is 11.6 Å². The third kappa shape index (κ3) is 2.78. The van der Waals surface area contributed by atoms with E-state index in [0.29, 0.717) is 17.4 Å². The second-order valence-corrected chi connectivity index (χ2v) is 4.89. The van der Waals surface area contributed by atoms with E-state index in [0.717, 1.165) is 5.56 Å². The molecule has 2 nitrogen and oxygen atoms in total. The summed E-state index contributed by atoms with van der Waals surface area (Å²) in [6, 6.07) is 3.34. The first-order valence-corrected chi connectivity index (χ1v) is 5.40. The fourth-order valence-corrected chi connectivity index (χ4v) is 1.57. The van der Waals surface area contributed by atoms with E-state index < -0.39 is 0 Å². The SMILES string of the molecule is CCOc1cc(O)c(Cl)cc1C(C)(C)C. The Labute approximate surface area is 95.8 Å². The molecule has 0 radical (unpaired) electrons. The van der Waals surface area contributed by atoms with E-state index in [4.69, 9.17) is 16.3 Å². The number of aromatic hydroxyl groups is 1. The topological polar surface area (TPSA) is 29.5 Å². The lowest BCUT2D eigenvalue weighted by atomic mass is 9.86. The lowest BCUT2D eigenvalue weighted by Crippen LogP contribution is -2.13. The molecule has 0 spiro atoms.